The molecular weight excluding hydrogens is 412 g/mol. The average Bonchev–Trinajstić information content (AvgIpc) is 2.67. The second-order valence-electron chi connectivity index (χ2n) is 6.91. The van der Waals surface area contributed by atoms with Crippen molar-refractivity contribution in [3.05, 3.63) is 58.6 Å². The number of ether oxygens (including phenoxy) is 1. The highest BCUT2D eigenvalue weighted by Crippen LogP contribution is 2.28. The number of carbonyl (C=O) groups excluding carboxylic acids is 1. The first kappa shape index (κ1) is 23.0. The van der Waals surface area contributed by atoms with Crippen molar-refractivity contribution >= 4 is 33.2 Å². The molecule has 2 rings (SSSR count). The minimum Gasteiger partial charge on any atom is -0.497 e. The molecule has 1 atom stereocenters. The van der Waals surface area contributed by atoms with Gasteiger partial charge in [-0.1, -0.05) is 29.8 Å². The molecule has 0 unspecified atom stereocenters. The van der Waals surface area contributed by atoms with Crippen LogP contribution in [0.15, 0.2) is 42.5 Å². The Morgan fingerprint density at radius 3 is 2.62 bits per heavy atom. The van der Waals surface area contributed by atoms with Crippen molar-refractivity contribution in [1.29, 1.82) is 0 Å². The second-order valence-corrected chi connectivity index (χ2v) is 9.21. The fraction of sp³-hybridized carbons (Fsp3) is 0.381. The molecule has 0 aliphatic heterocycles. The summed E-state index contributed by atoms with van der Waals surface area (Å²) in [5, 5.41) is 3.24. The predicted octanol–water partition coefficient (Wildman–Crippen LogP) is 3.56. The number of halogens is 1. The summed E-state index contributed by atoms with van der Waals surface area (Å²) in [7, 11) is -2.06. The van der Waals surface area contributed by atoms with Crippen molar-refractivity contribution in [2.45, 2.75) is 32.7 Å². The van der Waals surface area contributed by atoms with Gasteiger partial charge in [0.05, 0.1) is 19.1 Å². The number of amides is 1. The molecule has 29 heavy (non-hydrogen) atoms. The summed E-state index contributed by atoms with van der Waals surface area (Å²) in [4.78, 5) is 12.6. The lowest BCUT2D eigenvalue weighted by Gasteiger charge is -2.29. The van der Waals surface area contributed by atoms with Crippen LogP contribution in [0.3, 0.4) is 0 Å². The zero-order chi connectivity index (χ0) is 21.6. The van der Waals surface area contributed by atoms with E-state index in [9.17, 15) is 13.2 Å². The number of nitrogens with zero attached hydrogens (tertiary/aromatic N) is 1. The number of aryl methyl sites for hydroxylation is 2. The molecule has 0 fully saturated rings. The molecule has 0 spiro atoms. The quantitative estimate of drug-likeness (QED) is 0.607. The number of methoxy groups -OCH3 is 1. The number of benzene rings is 2. The standard InChI is InChI=1S/C21H27ClN2O4S/c1-15-10-11-18(22)14-20(15)24(29(4,26)27)16(2)21(25)23-12-6-8-17-7-5-9-19(13-17)28-3/h5,7,9-11,13-14,16H,6,8,12H2,1-4H3,(H,23,25)/t16-/m0/s1. The Kier molecular flexibility index (Phi) is 7.93. The molecule has 158 valence electrons. The van der Waals surface area contributed by atoms with Gasteiger partial charge in [-0.2, -0.15) is 0 Å². The monoisotopic (exact) mass is 438 g/mol. The molecule has 2 aromatic carbocycles. The van der Waals surface area contributed by atoms with Crippen molar-refractivity contribution in [3.63, 3.8) is 0 Å². The fourth-order valence-electron chi connectivity index (χ4n) is 3.08. The normalized spacial score (nSPS) is 12.3. The lowest BCUT2D eigenvalue weighted by molar-refractivity contribution is -0.121. The molecular formula is C21H27ClN2O4S. The van der Waals surface area contributed by atoms with Gasteiger partial charge in [-0.3, -0.25) is 9.10 Å². The van der Waals surface area contributed by atoms with Gasteiger partial charge in [0.2, 0.25) is 15.9 Å². The summed E-state index contributed by atoms with van der Waals surface area (Å²) < 4.78 is 31.1. The van der Waals surface area contributed by atoms with Crippen molar-refractivity contribution in [2.75, 3.05) is 24.2 Å². The van der Waals surface area contributed by atoms with Gasteiger partial charge in [-0.25, -0.2) is 8.42 Å². The van der Waals surface area contributed by atoms with Crippen LogP contribution in [0.4, 0.5) is 5.69 Å². The average molecular weight is 439 g/mol. The molecule has 0 heterocycles. The molecule has 6 nitrogen and oxygen atoms in total. The van der Waals surface area contributed by atoms with Gasteiger partial charge < -0.3 is 10.1 Å². The largest absolute Gasteiger partial charge is 0.497 e. The van der Waals surface area contributed by atoms with Crippen LogP contribution in [0, 0.1) is 6.92 Å². The number of sulfonamides is 1. The van der Waals surface area contributed by atoms with Gasteiger partial charge in [0, 0.05) is 11.6 Å². The lowest BCUT2D eigenvalue weighted by atomic mass is 10.1. The minimum atomic E-state index is -3.68. The van der Waals surface area contributed by atoms with Crippen LogP contribution in [-0.2, 0) is 21.2 Å². The predicted molar refractivity (Wildman–Crippen MR) is 117 cm³/mol. The second kappa shape index (κ2) is 9.98. The van der Waals surface area contributed by atoms with E-state index in [1.54, 1.807) is 39.2 Å². The summed E-state index contributed by atoms with van der Waals surface area (Å²) in [6, 6.07) is 11.8. The molecule has 0 aromatic heterocycles. The highest BCUT2D eigenvalue weighted by molar-refractivity contribution is 7.92. The van der Waals surface area contributed by atoms with Crippen LogP contribution in [0.5, 0.6) is 5.75 Å². The first-order valence-electron chi connectivity index (χ1n) is 9.29. The van der Waals surface area contributed by atoms with Crippen LogP contribution in [-0.4, -0.2) is 40.3 Å². The number of hydrogen-bond donors (Lipinski definition) is 1. The third-order valence-corrected chi connectivity index (χ3v) is 6.04. The van der Waals surface area contributed by atoms with Gasteiger partial charge in [0.15, 0.2) is 0 Å². The SMILES string of the molecule is COc1cccc(CCCNC(=O)[C@H](C)N(c2cc(Cl)ccc2C)S(C)(=O)=O)c1. The minimum absolute atomic E-state index is 0.361. The Morgan fingerprint density at radius 2 is 1.97 bits per heavy atom. The Labute approximate surface area is 177 Å². The number of carbonyl (C=O) groups is 1. The van der Waals surface area contributed by atoms with E-state index in [0.717, 1.165) is 40.3 Å². The molecule has 8 heteroatoms. The number of nitrogens with one attached hydrogen (secondary N) is 1. The van der Waals surface area contributed by atoms with Crippen LogP contribution in [0.25, 0.3) is 0 Å². The molecule has 0 aliphatic rings. The maximum absolute atomic E-state index is 12.6. The Balaban J connectivity index is 2.03. The third kappa shape index (κ3) is 6.37. The lowest BCUT2D eigenvalue weighted by Crippen LogP contribution is -2.48. The highest BCUT2D eigenvalue weighted by atomic mass is 35.5. The zero-order valence-corrected chi connectivity index (χ0v) is 18.7. The molecule has 0 aliphatic carbocycles. The fourth-order valence-corrected chi connectivity index (χ4v) is 4.47. The smallest absolute Gasteiger partial charge is 0.243 e. The van der Waals surface area contributed by atoms with E-state index in [4.69, 9.17) is 16.3 Å². The van der Waals surface area contributed by atoms with E-state index in [-0.39, 0.29) is 5.91 Å². The Bertz CT molecular complexity index is 963. The van der Waals surface area contributed by atoms with Crippen molar-refractivity contribution in [3.8, 4) is 5.75 Å². The summed E-state index contributed by atoms with van der Waals surface area (Å²) in [5.41, 5.74) is 2.23. The number of hydrogen-bond acceptors (Lipinski definition) is 4. The van der Waals surface area contributed by atoms with Crippen molar-refractivity contribution in [2.24, 2.45) is 0 Å². The van der Waals surface area contributed by atoms with E-state index in [1.165, 1.54) is 0 Å². The van der Waals surface area contributed by atoms with Crippen LogP contribution < -0.4 is 14.4 Å². The van der Waals surface area contributed by atoms with Crippen molar-refractivity contribution < 1.29 is 17.9 Å². The summed E-state index contributed by atoms with van der Waals surface area (Å²) in [6.07, 6.45) is 2.58. The van der Waals surface area contributed by atoms with E-state index < -0.39 is 16.1 Å². The van der Waals surface area contributed by atoms with E-state index in [1.807, 2.05) is 24.3 Å². The van der Waals surface area contributed by atoms with Crippen LogP contribution in [0.2, 0.25) is 5.02 Å². The topological polar surface area (TPSA) is 75.7 Å². The number of anilines is 1. The molecule has 0 saturated heterocycles. The molecule has 2 aromatic rings. The van der Waals surface area contributed by atoms with Gasteiger partial charge in [-0.15, -0.1) is 0 Å². The van der Waals surface area contributed by atoms with Gasteiger partial charge in [0.1, 0.15) is 11.8 Å². The maximum atomic E-state index is 12.6. The first-order chi connectivity index (χ1) is 13.6. The Hall–Kier alpha value is -2.25. The third-order valence-electron chi connectivity index (χ3n) is 4.57. The summed E-state index contributed by atoms with van der Waals surface area (Å²) >= 11 is 6.05. The molecule has 0 radical (unpaired) electrons. The van der Waals surface area contributed by atoms with Gasteiger partial charge in [-0.05, 0) is 62.1 Å². The van der Waals surface area contributed by atoms with E-state index >= 15 is 0 Å². The van der Waals surface area contributed by atoms with E-state index in [0.29, 0.717) is 17.3 Å². The summed E-state index contributed by atoms with van der Waals surface area (Å²) in [5.74, 6) is 0.432. The Morgan fingerprint density at radius 1 is 1.24 bits per heavy atom. The molecule has 1 N–H and O–H groups in total. The van der Waals surface area contributed by atoms with E-state index in [2.05, 4.69) is 5.32 Å². The molecule has 0 bridgehead atoms. The van der Waals surface area contributed by atoms with Crippen molar-refractivity contribution in [1.82, 2.24) is 5.32 Å². The maximum Gasteiger partial charge on any atom is 0.243 e. The van der Waals surface area contributed by atoms with Gasteiger partial charge >= 0.3 is 0 Å². The molecule has 1 amide bonds. The highest BCUT2D eigenvalue weighted by Gasteiger charge is 2.30. The van der Waals surface area contributed by atoms with Crippen LogP contribution in [0.1, 0.15) is 24.5 Å². The van der Waals surface area contributed by atoms with Gasteiger partial charge in [0.25, 0.3) is 0 Å². The number of rotatable bonds is 9. The zero-order valence-electron chi connectivity index (χ0n) is 17.1. The van der Waals surface area contributed by atoms with Crippen LogP contribution >= 0.6 is 11.6 Å². The summed E-state index contributed by atoms with van der Waals surface area (Å²) in [6.45, 7) is 3.79. The molecule has 0 saturated carbocycles. The first-order valence-corrected chi connectivity index (χ1v) is 11.5.